The molecule has 3 aromatic rings. The molecule has 5 rings (SSSR count). The van der Waals surface area contributed by atoms with Crippen molar-refractivity contribution in [1.29, 1.82) is 0 Å². The average molecular weight is 477 g/mol. The van der Waals surface area contributed by atoms with Gasteiger partial charge in [0.25, 0.3) is 5.91 Å². The summed E-state index contributed by atoms with van der Waals surface area (Å²) in [6.45, 7) is 3.39. The van der Waals surface area contributed by atoms with Gasteiger partial charge in [-0.3, -0.25) is 19.4 Å². The summed E-state index contributed by atoms with van der Waals surface area (Å²) in [7, 11) is 0. The Morgan fingerprint density at radius 2 is 2.09 bits per heavy atom. The minimum absolute atomic E-state index is 0.0852. The van der Waals surface area contributed by atoms with Crippen LogP contribution in [0.2, 0.25) is 0 Å². The maximum Gasteiger partial charge on any atom is 0.420 e. The van der Waals surface area contributed by atoms with E-state index < -0.39 is 23.4 Å². The van der Waals surface area contributed by atoms with Crippen molar-refractivity contribution in [2.75, 3.05) is 19.8 Å². The van der Waals surface area contributed by atoms with Gasteiger partial charge in [-0.05, 0) is 18.9 Å². The van der Waals surface area contributed by atoms with Crippen LogP contribution in [0.4, 0.5) is 13.2 Å². The van der Waals surface area contributed by atoms with Crippen LogP contribution >= 0.6 is 0 Å². The van der Waals surface area contributed by atoms with Crippen LogP contribution in [0.1, 0.15) is 38.8 Å². The number of carbonyl (C=O) groups is 1. The van der Waals surface area contributed by atoms with Crippen LogP contribution in [0.25, 0.3) is 11.3 Å². The molecule has 1 saturated heterocycles. The van der Waals surface area contributed by atoms with Crippen LogP contribution in [0.5, 0.6) is 0 Å². The van der Waals surface area contributed by atoms with Crippen molar-refractivity contribution < 1.29 is 31.9 Å². The normalized spacial score (nSPS) is 17.8. The highest BCUT2D eigenvalue weighted by Crippen LogP contribution is 2.46. The summed E-state index contributed by atoms with van der Waals surface area (Å²) in [6, 6.07) is 0. The molecule has 1 aliphatic heterocycles. The molecule has 0 unspecified atom stereocenters. The number of ether oxygens (including phenoxy) is 2. The number of hydrogen-bond donors (Lipinski definition) is 1. The van der Waals surface area contributed by atoms with Crippen molar-refractivity contribution in [2.45, 2.75) is 45.1 Å². The molecule has 1 N–H and O–H groups in total. The summed E-state index contributed by atoms with van der Waals surface area (Å²) in [5, 5.41) is 6.85. The Kier molecular flexibility index (Phi) is 5.86. The first kappa shape index (κ1) is 22.5. The number of aryl methyl sites for hydroxylation is 3. The fourth-order valence-electron chi connectivity index (χ4n) is 4.15. The Morgan fingerprint density at radius 3 is 2.79 bits per heavy atom. The van der Waals surface area contributed by atoms with Crippen LogP contribution in [0.3, 0.4) is 0 Å². The molecule has 0 aromatic carbocycles. The molecular weight excluding hydrogens is 455 g/mol. The van der Waals surface area contributed by atoms with Gasteiger partial charge < -0.3 is 19.2 Å². The van der Waals surface area contributed by atoms with Gasteiger partial charge in [0, 0.05) is 18.8 Å². The summed E-state index contributed by atoms with van der Waals surface area (Å²) in [5.41, 5.74) is 0.659. The first-order chi connectivity index (χ1) is 16.3. The van der Waals surface area contributed by atoms with Crippen molar-refractivity contribution in [2.24, 2.45) is 0 Å². The van der Waals surface area contributed by atoms with Crippen LogP contribution in [0, 0.1) is 6.92 Å². The number of nitrogens with zero attached hydrogens (tertiary/aromatic N) is 4. The highest BCUT2D eigenvalue weighted by Gasteiger charge is 2.45. The molecule has 180 valence electrons. The van der Waals surface area contributed by atoms with E-state index in [1.54, 1.807) is 17.8 Å². The molecule has 1 aliphatic carbocycles. The molecule has 0 saturated carbocycles. The van der Waals surface area contributed by atoms with E-state index in [-0.39, 0.29) is 36.1 Å². The topological polar surface area (TPSA) is 104 Å². The fraction of sp³-hybridized carbons (Fsp3) is 0.455. The Labute approximate surface area is 192 Å². The number of hydrogen-bond acceptors (Lipinski definition) is 7. The lowest BCUT2D eigenvalue weighted by Gasteiger charge is -2.22. The fourth-order valence-corrected chi connectivity index (χ4v) is 4.15. The second kappa shape index (κ2) is 8.84. The molecule has 12 heteroatoms. The van der Waals surface area contributed by atoms with Crippen molar-refractivity contribution in [3.63, 3.8) is 0 Å². The monoisotopic (exact) mass is 477 g/mol. The van der Waals surface area contributed by atoms with E-state index in [1.165, 1.54) is 12.4 Å². The molecule has 3 aromatic heterocycles. The van der Waals surface area contributed by atoms with Crippen LogP contribution in [-0.4, -0.2) is 51.6 Å². The standard InChI is InChI=1S/C22H22F3N5O4/c1-12-6-27-14(7-26-12)8-28-21(31)20-18(22(23,24)25)17-16(34-20)3-2-13-9-30(29-19(13)17)10-15-11-32-4-5-33-15/h6-7,9,15H,2-5,8,10-11H2,1H3,(H,28,31)/t15-/m0/s1. The SMILES string of the molecule is Cc1cnc(CNC(=O)c2oc3c(c2C(F)(F)F)-c2nn(C[C@H]4COCCO4)cc2CC3)cn1. The highest BCUT2D eigenvalue weighted by molar-refractivity contribution is 5.96. The average Bonchev–Trinajstić information content (AvgIpc) is 3.40. The van der Waals surface area contributed by atoms with Crippen molar-refractivity contribution in [1.82, 2.24) is 25.1 Å². The number of amides is 1. The maximum atomic E-state index is 14.2. The van der Waals surface area contributed by atoms with E-state index in [1.807, 2.05) is 0 Å². The minimum Gasteiger partial charge on any atom is -0.455 e. The summed E-state index contributed by atoms with van der Waals surface area (Å²) >= 11 is 0. The quantitative estimate of drug-likeness (QED) is 0.603. The smallest absolute Gasteiger partial charge is 0.420 e. The number of rotatable bonds is 5. The third-order valence-corrected chi connectivity index (χ3v) is 5.71. The number of fused-ring (bicyclic) bond motifs is 3. The van der Waals surface area contributed by atoms with Gasteiger partial charge in [-0.2, -0.15) is 18.3 Å². The van der Waals surface area contributed by atoms with Crippen molar-refractivity contribution in [3.8, 4) is 11.3 Å². The summed E-state index contributed by atoms with van der Waals surface area (Å²) < 4.78 is 60.6. The van der Waals surface area contributed by atoms with Gasteiger partial charge in [-0.15, -0.1) is 0 Å². The molecule has 1 amide bonds. The largest absolute Gasteiger partial charge is 0.455 e. The third-order valence-electron chi connectivity index (χ3n) is 5.71. The Bertz CT molecular complexity index is 1200. The lowest BCUT2D eigenvalue weighted by Crippen LogP contribution is -2.32. The van der Waals surface area contributed by atoms with E-state index in [2.05, 4.69) is 20.4 Å². The highest BCUT2D eigenvalue weighted by atomic mass is 19.4. The molecule has 34 heavy (non-hydrogen) atoms. The van der Waals surface area contributed by atoms with Gasteiger partial charge in [-0.25, -0.2) is 0 Å². The van der Waals surface area contributed by atoms with Gasteiger partial charge >= 0.3 is 6.18 Å². The Balaban J connectivity index is 1.44. The van der Waals surface area contributed by atoms with E-state index in [9.17, 15) is 18.0 Å². The van der Waals surface area contributed by atoms with Crippen molar-refractivity contribution in [3.05, 3.63) is 52.6 Å². The molecule has 4 heterocycles. The van der Waals surface area contributed by atoms with Crippen molar-refractivity contribution >= 4 is 5.91 Å². The van der Waals surface area contributed by atoms with Gasteiger partial charge in [0.1, 0.15) is 17.4 Å². The van der Waals surface area contributed by atoms with Crippen LogP contribution < -0.4 is 5.32 Å². The molecular formula is C22H22F3N5O4. The Morgan fingerprint density at radius 1 is 1.24 bits per heavy atom. The Hall–Kier alpha value is -3.25. The summed E-state index contributed by atoms with van der Waals surface area (Å²) in [5.74, 6) is -1.65. The molecule has 0 bridgehead atoms. The summed E-state index contributed by atoms with van der Waals surface area (Å²) in [4.78, 5) is 20.9. The number of aromatic nitrogens is 4. The minimum atomic E-state index is -4.81. The molecule has 0 radical (unpaired) electrons. The zero-order valence-electron chi connectivity index (χ0n) is 18.3. The molecule has 9 nitrogen and oxygen atoms in total. The van der Waals surface area contributed by atoms with E-state index in [0.29, 0.717) is 49.7 Å². The number of halogens is 3. The summed E-state index contributed by atoms with van der Waals surface area (Å²) in [6.07, 6.45) is 0.327. The zero-order valence-corrected chi connectivity index (χ0v) is 18.3. The van der Waals surface area contributed by atoms with Crippen LogP contribution in [-0.2, 0) is 41.6 Å². The first-order valence-corrected chi connectivity index (χ1v) is 10.8. The predicted molar refractivity (Wildman–Crippen MR) is 111 cm³/mol. The van der Waals surface area contributed by atoms with Gasteiger partial charge in [0.05, 0.1) is 61.8 Å². The lowest BCUT2D eigenvalue weighted by molar-refractivity contribution is -0.137. The van der Waals surface area contributed by atoms with E-state index in [0.717, 1.165) is 0 Å². The van der Waals surface area contributed by atoms with E-state index in [4.69, 9.17) is 13.9 Å². The second-order valence-electron chi connectivity index (χ2n) is 8.23. The third kappa shape index (κ3) is 4.42. The van der Waals surface area contributed by atoms with Gasteiger partial charge in [0.15, 0.2) is 0 Å². The van der Waals surface area contributed by atoms with Gasteiger partial charge in [0.2, 0.25) is 5.76 Å². The number of nitrogens with one attached hydrogen (secondary N) is 1. The van der Waals surface area contributed by atoms with Gasteiger partial charge in [-0.1, -0.05) is 0 Å². The van der Waals surface area contributed by atoms with Crippen LogP contribution in [0.15, 0.2) is 23.0 Å². The molecule has 1 atom stereocenters. The number of carbonyl (C=O) groups excluding carboxylic acids is 1. The second-order valence-corrected chi connectivity index (χ2v) is 8.23. The molecule has 0 spiro atoms. The van der Waals surface area contributed by atoms with E-state index >= 15 is 0 Å². The lowest BCUT2D eigenvalue weighted by atomic mass is 9.93. The molecule has 1 fully saturated rings. The number of alkyl halides is 3. The predicted octanol–water partition coefficient (Wildman–Crippen LogP) is 2.70. The zero-order chi connectivity index (χ0) is 23.9. The maximum absolute atomic E-state index is 14.2. The molecule has 2 aliphatic rings. The first-order valence-electron chi connectivity index (χ1n) is 10.8. The number of furan rings is 1.